The highest BCUT2D eigenvalue weighted by atomic mass is 16.5. The van der Waals surface area contributed by atoms with Gasteiger partial charge >= 0.3 is 0 Å². The normalized spacial score (nSPS) is 15.2. The van der Waals surface area contributed by atoms with Gasteiger partial charge in [0.2, 0.25) is 0 Å². The SMILES string of the molecule is CCCCO[C@@H](CO)[C@@H](C)OCCCC. The summed E-state index contributed by atoms with van der Waals surface area (Å²) in [6.45, 7) is 7.72. The summed E-state index contributed by atoms with van der Waals surface area (Å²) in [6.07, 6.45) is 4.17. The zero-order chi connectivity index (χ0) is 11.5. The standard InChI is InChI=1S/C12H26O3/c1-4-6-8-14-11(3)12(10-13)15-9-7-5-2/h11-13H,4-10H2,1-3H3/t11-,12+/m1/s1. The second kappa shape index (κ2) is 10.4. The van der Waals surface area contributed by atoms with Crippen LogP contribution in [0, 0.1) is 0 Å². The maximum absolute atomic E-state index is 9.15. The van der Waals surface area contributed by atoms with Gasteiger partial charge in [0.05, 0.1) is 12.7 Å². The molecule has 0 aliphatic heterocycles. The molecule has 0 fully saturated rings. The summed E-state index contributed by atoms with van der Waals surface area (Å²) in [6, 6.07) is 0. The molecule has 0 bridgehead atoms. The third kappa shape index (κ3) is 7.77. The molecule has 0 aromatic carbocycles. The van der Waals surface area contributed by atoms with Crippen molar-refractivity contribution in [3.05, 3.63) is 0 Å². The van der Waals surface area contributed by atoms with Gasteiger partial charge in [0.1, 0.15) is 6.10 Å². The fourth-order valence-electron chi connectivity index (χ4n) is 1.24. The number of hydrogen-bond acceptors (Lipinski definition) is 3. The summed E-state index contributed by atoms with van der Waals surface area (Å²) >= 11 is 0. The third-order valence-corrected chi connectivity index (χ3v) is 2.41. The first-order valence-corrected chi connectivity index (χ1v) is 6.10. The Morgan fingerprint density at radius 2 is 1.53 bits per heavy atom. The largest absolute Gasteiger partial charge is 0.394 e. The van der Waals surface area contributed by atoms with Crippen LogP contribution < -0.4 is 0 Å². The molecule has 0 spiro atoms. The number of hydrogen-bond donors (Lipinski definition) is 1. The molecule has 15 heavy (non-hydrogen) atoms. The summed E-state index contributed by atoms with van der Waals surface area (Å²) in [5.41, 5.74) is 0. The van der Waals surface area contributed by atoms with Crippen LogP contribution in [0.4, 0.5) is 0 Å². The Morgan fingerprint density at radius 3 is 2.00 bits per heavy atom. The van der Waals surface area contributed by atoms with E-state index >= 15 is 0 Å². The topological polar surface area (TPSA) is 38.7 Å². The van der Waals surface area contributed by atoms with Crippen LogP contribution in [0.5, 0.6) is 0 Å². The molecule has 0 aromatic rings. The van der Waals surface area contributed by atoms with Crippen LogP contribution in [0.1, 0.15) is 46.5 Å². The van der Waals surface area contributed by atoms with Crippen molar-refractivity contribution in [1.82, 2.24) is 0 Å². The van der Waals surface area contributed by atoms with E-state index in [9.17, 15) is 0 Å². The molecule has 2 atom stereocenters. The Balaban J connectivity index is 3.62. The molecule has 0 radical (unpaired) electrons. The van der Waals surface area contributed by atoms with E-state index in [1.54, 1.807) is 0 Å². The molecule has 0 aliphatic carbocycles. The molecule has 0 aliphatic rings. The zero-order valence-corrected chi connectivity index (χ0v) is 10.4. The lowest BCUT2D eigenvalue weighted by Gasteiger charge is -2.22. The van der Waals surface area contributed by atoms with Gasteiger partial charge in [-0.05, 0) is 19.8 Å². The van der Waals surface area contributed by atoms with Crippen LogP contribution in [0.3, 0.4) is 0 Å². The van der Waals surface area contributed by atoms with Crippen LogP contribution in [-0.2, 0) is 9.47 Å². The van der Waals surface area contributed by atoms with Crippen LogP contribution >= 0.6 is 0 Å². The minimum atomic E-state index is -0.173. The smallest absolute Gasteiger partial charge is 0.106 e. The summed E-state index contributed by atoms with van der Waals surface area (Å²) < 4.78 is 11.1. The Labute approximate surface area is 93.8 Å². The Morgan fingerprint density at radius 1 is 1.00 bits per heavy atom. The fourth-order valence-corrected chi connectivity index (χ4v) is 1.24. The molecular formula is C12H26O3. The van der Waals surface area contributed by atoms with Crippen molar-refractivity contribution in [2.45, 2.75) is 58.7 Å². The first-order chi connectivity index (χ1) is 7.26. The second-order valence-corrected chi connectivity index (χ2v) is 3.87. The van der Waals surface area contributed by atoms with Crippen molar-refractivity contribution in [2.24, 2.45) is 0 Å². The molecule has 92 valence electrons. The number of aliphatic hydroxyl groups is 1. The highest BCUT2D eigenvalue weighted by Crippen LogP contribution is 2.06. The van der Waals surface area contributed by atoms with Crippen LogP contribution in [-0.4, -0.2) is 37.1 Å². The summed E-state index contributed by atoms with van der Waals surface area (Å²) in [4.78, 5) is 0. The average Bonchev–Trinajstić information content (AvgIpc) is 2.24. The highest BCUT2D eigenvalue weighted by molar-refractivity contribution is 4.65. The van der Waals surface area contributed by atoms with Gasteiger partial charge < -0.3 is 14.6 Å². The maximum Gasteiger partial charge on any atom is 0.106 e. The Kier molecular flexibility index (Phi) is 10.3. The molecule has 0 rings (SSSR count). The predicted molar refractivity (Wildman–Crippen MR) is 62.1 cm³/mol. The van der Waals surface area contributed by atoms with Gasteiger partial charge in [-0.25, -0.2) is 0 Å². The summed E-state index contributed by atoms with van der Waals surface area (Å²) in [7, 11) is 0. The van der Waals surface area contributed by atoms with Crippen molar-refractivity contribution in [2.75, 3.05) is 19.8 Å². The molecular weight excluding hydrogens is 192 g/mol. The Hall–Kier alpha value is -0.120. The molecule has 3 nitrogen and oxygen atoms in total. The van der Waals surface area contributed by atoms with Crippen LogP contribution in [0.25, 0.3) is 0 Å². The fraction of sp³-hybridized carbons (Fsp3) is 1.00. The molecule has 0 amide bonds. The first-order valence-electron chi connectivity index (χ1n) is 6.10. The number of aliphatic hydroxyl groups excluding tert-OH is 1. The van der Waals surface area contributed by atoms with E-state index in [1.807, 2.05) is 6.92 Å². The number of rotatable bonds is 10. The van der Waals surface area contributed by atoms with Gasteiger partial charge in [0.25, 0.3) is 0 Å². The van der Waals surface area contributed by atoms with Crippen molar-refractivity contribution < 1.29 is 14.6 Å². The van der Waals surface area contributed by atoms with Gasteiger partial charge in [-0.15, -0.1) is 0 Å². The molecule has 0 heterocycles. The lowest BCUT2D eigenvalue weighted by atomic mass is 10.2. The molecule has 1 N–H and O–H groups in total. The minimum absolute atomic E-state index is 0.0154. The number of unbranched alkanes of at least 4 members (excludes halogenated alkanes) is 2. The van der Waals surface area contributed by atoms with Gasteiger partial charge in [0.15, 0.2) is 0 Å². The van der Waals surface area contributed by atoms with E-state index in [-0.39, 0.29) is 18.8 Å². The molecule has 0 unspecified atom stereocenters. The van der Waals surface area contributed by atoms with E-state index in [1.165, 1.54) is 0 Å². The number of ether oxygens (including phenoxy) is 2. The van der Waals surface area contributed by atoms with E-state index in [0.29, 0.717) is 6.61 Å². The maximum atomic E-state index is 9.15. The first kappa shape index (κ1) is 14.9. The molecule has 0 saturated carbocycles. The van der Waals surface area contributed by atoms with E-state index in [2.05, 4.69) is 13.8 Å². The zero-order valence-electron chi connectivity index (χ0n) is 10.4. The van der Waals surface area contributed by atoms with Gasteiger partial charge in [0, 0.05) is 13.2 Å². The van der Waals surface area contributed by atoms with Gasteiger partial charge in [-0.1, -0.05) is 26.7 Å². The quantitative estimate of drug-likeness (QED) is 0.572. The predicted octanol–water partition coefficient (Wildman–Crippen LogP) is 2.37. The van der Waals surface area contributed by atoms with E-state index < -0.39 is 0 Å². The van der Waals surface area contributed by atoms with E-state index in [4.69, 9.17) is 14.6 Å². The Bertz CT molecular complexity index is 128. The van der Waals surface area contributed by atoms with Crippen molar-refractivity contribution in [3.63, 3.8) is 0 Å². The van der Waals surface area contributed by atoms with Crippen molar-refractivity contribution in [1.29, 1.82) is 0 Å². The monoisotopic (exact) mass is 218 g/mol. The average molecular weight is 218 g/mol. The molecule has 3 heteroatoms. The lowest BCUT2D eigenvalue weighted by molar-refractivity contribution is -0.0858. The highest BCUT2D eigenvalue weighted by Gasteiger charge is 2.16. The van der Waals surface area contributed by atoms with Crippen molar-refractivity contribution in [3.8, 4) is 0 Å². The molecule has 0 aromatic heterocycles. The second-order valence-electron chi connectivity index (χ2n) is 3.87. The summed E-state index contributed by atoms with van der Waals surface area (Å²) in [5.74, 6) is 0. The van der Waals surface area contributed by atoms with Crippen molar-refractivity contribution >= 4 is 0 Å². The molecule has 0 saturated heterocycles. The summed E-state index contributed by atoms with van der Waals surface area (Å²) in [5, 5.41) is 9.15. The van der Waals surface area contributed by atoms with E-state index in [0.717, 1.165) is 32.3 Å². The van der Waals surface area contributed by atoms with Gasteiger partial charge in [-0.2, -0.15) is 0 Å². The van der Waals surface area contributed by atoms with Gasteiger partial charge in [-0.3, -0.25) is 0 Å². The van der Waals surface area contributed by atoms with Crippen LogP contribution in [0.15, 0.2) is 0 Å². The minimum Gasteiger partial charge on any atom is -0.394 e. The third-order valence-electron chi connectivity index (χ3n) is 2.41. The lowest BCUT2D eigenvalue weighted by Crippen LogP contribution is -2.33. The van der Waals surface area contributed by atoms with Crippen LogP contribution in [0.2, 0.25) is 0 Å².